The minimum Gasteiger partial charge on any atom is -0.456 e. The molecule has 0 aliphatic carbocycles. The molecule has 2 aromatic heterocycles. The van der Waals surface area contributed by atoms with Gasteiger partial charge in [0, 0.05) is 41.5 Å². The lowest BCUT2D eigenvalue weighted by molar-refractivity contribution is 0.631. The fourth-order valence-corrected chi connectivity index (χ4v) is 10.5. The van der Waals surface area contributed by atoms with E-state index in [-0.39, 0.29) is 6.71 Å². The molecule has 51 heavy (non-hydrogen) atoms. The third kappa shape index (κ3) is 4.69. The molecule has 2 aliphatic heterocycles. The molecule has 5 heteroatoms. The molecular formula is C46H27BO2S2. The van der Waals surface area contributed by atoms with Crippen LogP contribution in [0.1, 0.15) is 0 Å². The highest BCUT2D eigenvalue weighted by molar-refractivity contribution is 8.01. The number of hydrogen-bond donors (Lipinski definition) is 0. The van der Waals surface area contributed by atoms with Gasteiger partial charge in [0.15, 0.2) is 0 Å². The zero-order valence-corrected chi connectivity index (χ0v) is 28.9. The maximum Gasteiger partial charge on any atom is 0.247 e. The predicted octanol–water partition coefficient (Wildman–Crippen LogP) is 11.3. The van der Waals surface area contributed by atoms with E-state index in [4.69, 9.17) is 8.83 Å². The second-order valence-electron chi connectivity index (χ2n) is 13.2. The van der Waals surface area contributed by atoms with Crippen LogP contribution in [-0.2, 0) is 0 Å². The van der Waals surface area contributed by atoms with E-state index in [9.17, 15) is 0 Å². The smallest absolute Gasteiger partial charge is 0.247 e. The summed E-state index contributed by atoms with van der Waals surface area (Å²) in [6.07, 6.45) is 0. The van der Waals surface area contributed by atoms with Gasteiger partial charge in [0.05, 0.1) is 0 Å². The van der Waals surface area contributed by atoms with Crippen LogP contribution in [0.3, 0.4) is 0 Å². The minimum atomic E-state index is 0.147. The molecule has 0 N–H and O–H groups in total. The zero-order valence-electron chi connectivity index (χ0n) is 27.3. The molecule has 0 atom stereocenters. The molecule has 0 saturated carbocycles. The largest absolute Gasteiger partial charge is 0.456 e. The summed E-state index contributed by atoms with van der Waals surface area (Å²) in [5, 5.41) is 2.20. The molecule has 0 unspecified atom stereocenters. The summed E-state index contributed by atoms with van der Waals surface area (Å²) in [6, 6.07) is 58.7. The Morgan fingerprint density at radius 2 is 0.843 bits per heavy atom. The van der Waals surface area contributed by atoms with Gasteiger partial charge in [-0.15, -0.1) is 0 Å². The van der Waals surface area contributed by atoms with E-state index in [0.717, 1.165) is 44.6 Å². The summed E-state index contributed by atoms with van der Waals surface area (Å²) in [5.41, 5.74) is 13.0. The highest BCUT2D eigenvalue weighted by Gasteiger charge is 2.40. The van der Waals surface area contributed by atoms with Crippen LogP contribution in [0, 0.1) is 0 Å². The van der Waals surface area contributed by atoms with Crippen molar-refractivity contribution in [2.24, 2.45) is 0 Å². The standard InChI is InChI=1S/C46H27BO2S2/c1-3-11-28(12-4-1)40-25-32-23-30(19-21-38(32)48-40)34-27-35(31-20-22-39-33(24-31)26-41(49-39)29-13-5-2-6-14-29)46-44-45(34)50-42-17-9-7-15-36(42)47(44)37-16-8-10-18-43(37)51-46/h1-27H. The van der Waals surface area contributed by atoms with Gasteiger partial charge in [0.1, 0.15) is 22.7 Å². The van der Waals surface area contributed by atoms with E-state index >= 15 is 0 Å². The van der Waals surface area contributed by atoms with Crippen LogP contribution >= 0.6 is 23.5 Å². The average Bonchev–Trinajstić information content (AvgIpc) is 3.83. The average molecular weight is 687 g/mol. The van der Waals surface area contributed by atoms with Crippen molar-refractivity contribution in [3.05, 3.63) is 164 Å². The Labute approximate surface area is 304 Å². The SMILES string of the molecule is c1ccc(-c2cc3cc(-c4cc(-c5ccc6oc(-c7ccccc7)cc6c5)c5c6c4Sc4ccccc4B6c4ccccc4S5)ccc3o2)cc1. The van der Waals surface area contributed by atoms with Crippen molar-refractivity contribution in [1.29, 1.82) is 0 Å². The van der Waals surface area contributed by atoms with Crippen molar-refractivity contribution in [3.63, 3.8) is 0 Å². The van der Waals surface area contributed by atoms with Crippen LogP contribution < -0.4 is 16.4 Å². The Balaban J connectivity index is 1.15. The predicted molar refractivity (Wildman–Crippen MR) is 214 cm³/mol. The van der Waals surface area contributed by atoms with Crippen LogP contribution in [0.15, 0.2) is 192 Å². The van der Waals surface area contributed by atoms with Gasteiger partial charge < -0.3 is 8.83 Å². The molecule has 0 saturated heterocycles. The number of benzene rings is 7. The van der Waals surface area contributed by atoms with Crippen molar-refractivity contribution in [2.45, 2.75) is 19.6 Å². The quantitative estimate of drug-likeness (QED) is 0.172. The summed E-state index contributed by atoms with van der Waals surface area (Å²) in [4.78, 5) is 5.31. The first-order valence-electron chi connectivity index (χ1n) is 17.2. The van der Waals surface area contributed by atoms with E-state index in [1.165, 1.54) is 58.2 Å². The van der Waals surface area contributed by atoms with E-state index in [2.05, 4.69) is 152 Å². The topological polar surface area (TPSA) is 26.3 Å². The molecule has 2 aliphatic rings. The van der Waals surface area contributed by atoms with Crippen LogP contribution in [0.4, 0.5) is 0 Å². The summed E-state index contributed by atoms with van der Waals surface area (Å²) >= 11 is 3.82. The third-order valence-corrected chi connectivity index (χ3v) is 12.7. The van der Waals surface area contributed by atoms with Gasteiger partial charge in [-0.3, -0.25) is 0 Å². The number of fused-ring (bicyclic) bond motifs is 6. The number of hydrogen-bond acceptors (Lipinski definition) is 4. The monoisotopic (exact) mass is 686 g/mol. The van der Waals surface area contributed by atoms with E-state index in [0.29, 0.717) is 0 Å². The van der Waals surface area contributed by atoms with Crippen molar-refractivity contribution >= 4 is 68.6 Å². The molecule has 2 nitrogen and oxygen atoms in total. The normalized spacial score (nSPS) is 12.9. The van der Waals surface area contributed by atoms with Crippen LogP contribution in [0.5, 0.6) is 0 Å². The van der Waals surface area contributed by atoms with E-state index in [1.54, 1.807) is 0 Å². The summed E-state index contributed by atoms with van der Waals surface area (Å²) in [7, 11) is 0. The van der Waals surface area contributed by atoms with Gasteiger partial charge >= 0.3 is 0 Å². The van der Waals surface area contributed by atoms with Crippen molar-refractivity contribution in [1.82, 2.24) is 0 Å². The van der Waals surface area contributed by atoms with Gasteiger partial charge in [-0.05, 0) is 82.3 Å². The Kier molecular flexibility index (Phi) is 6.55. The molecule has 238 valence electrons. The second kappa shape index (κ2) is 11.5. The Bertz CT molecular complexity index is 2630. The molecule has 7 aromatic carbocycles. The van der Waals surface area contributed by atoms with Crippen LogP contribution in [-0.4, -0.2) is 6.71 Å². The van der Waals surface area contributed by atoms with Gasteiger partial charge in [-0.25, -0.2) is 0 Å². The van der Waals surface area contributed by atoms with Crippen LogP contribution in [0.2, 0.25) is 0 Å². The Morgan fingerprint density at radius 1 is 0.392 bits per heavy atom. The molecule has 4 heterocycles. The fraction of sp³-hybridized carbons (Fsp3) is 0. The van der Waals surface area contributed by atoms with Gasteiger partial charge in [-0.1, -0.05) is 144 Å². The molecule has 0 amide bonds. The maximum absolute atomic E-state index is 6.36. The first-order chi connectivity index (χ1) is 25.2. The molecule has 0 spiro atoms. The van der Waals surface area contributed by atoms with Crippen molar-refractivity contribution in [3.8, 4) is 44.9 Å². The summed E-state index contributed by atoms with van der Waals surface area (Å²) < 4.78 is 12.7. The summed E-state index contributed by atoms with van der Waals surface area (Å²) in [6.45, 7) is 0.147. The zero-order chi connectivity index (χ0) is 33.5. The second-order valence-corrected chi connectivity index (χ2v) is 15.3. The maximum atomic E-state index is 6.36. The Hall–Kier alpha value is -5.62. The number of rotatable bonds is 4. The third-order valence-electron chi connectivity index (χ3n) is 10.2. The first kappa shape index (κ1) is 29.1. The lowest BCUT2D eigenvalue weighted by atomic mass is 9.36. The van der Waals surface area contributed by atoms with E-state index < -0.39 is 0 Å². The summed E-state index contributed by atoms with van der Waals surface area (Å²) in [5.74, 6) is 1.77. The fourth-order valence-electron chi connectivity index (χ4n) is 7.81. The molecule has 11 rings (SSSR count). The number of furan rings is 2. The van der Waals surface area contributed by atoms with Gasteiger partial charge in [0.25, 0.3) is 0 Å². The van der Waals surface area contributed by atoms with Crippen LogP contribution in [0.25, 0.3) is 66.8 Å². The first-order valence-corrected chi connectivity index (χ1v) is 18.8. The highest BCUT2D eigenvalue weighted by Crippen LogP contribution is 2.48. The molecule has 9 aromatic rings. The van der Waals surface area contributed by atoms with Crippen molar-refractivity contribution in [2.75, 3.05) is 0 Å². The van der Waals surface area contributed by atoms with Crippen molar-refractivity contribution < 1.29 is 8.83 Å². The Morgan fingerprint density at radius 3 is 1.33 bits per heavy atom. The molecule has 0 radical (unpaired) electrons. The van der Waals surface area contributed by atoms with Gasteiger partial charge in [0.2, 0.25) is 6.71 Å². The van der Waals surface area contributed by atoms with E-state index in [1.807, 2.05) is 35.7 Å². The highest BCUT2D eigenvalue weighted by atomic mass is 32.2. The minimum absolute atomic E-state index is 0.147. The lowest BCUT2D eigenvalue weighted by Gasteiger charge is -2.35. The molecular weight excluding hydrogens is 659 g/mol. The lowest BCUT2D eigenvalue weighted by Crippen LogP contribution is -2.58. The molecule has 0 bridgehead atoms. The van der Waals surface area contributed by atoms with Gasteiger partial charge in [-0.2, -0.15) is 0 Å². The molecule has 0 fully saturated rings.